The Morgan fingerprint density at radius 3 is 2.52 bits per heavy atom. The minimum Gasteiger partial charge on any atom is -0.466 e. The van der Waals surface area contributed by atoms with Crippen LogP contribution in [0.2, 0.25) is 0 Å². The maximum atomic E-state index is 12.9. The maximum Gasteiger partial charge on any atom is 0.320 e. The molecule has 2 aliphatic rings. The summed E-state index contributed by atoms with van der Waals surface area (Å²) in [6.07, 6.45) is 0. The zero-order valence-corrected chi connectivity index (χ0v) is 15.3. The molecule has 0 aromatic carbocycles. The van der Waals surface area contributed by atoms with E-state index in [2.05, 4.69) is 26.1 Å². The lowest BCUT2D eigenvalue weighted by Gasteiger charge is -2.40. The van der Waals surface area contributed by atoms with Crippen molar-refractivity contribution in [3.63, 3.8) is 0 Å². The number of hydrogen-bond acceptors (Lipinski definition) is 4. The summed E-state index contributed by atoms with van der Waals surface area (Å²) in [5.74, 6) is -0.247. The van der Waals surface area contributed by atoms with E-state index < -0.39 is 5.41 Å². The van der Waals surface area contributed by atoms with Crippen molar-refractivity contribution in [2.75, 3.05) is 32.8 Å². The Morgan fingerprint density at radius 1 is 1.30 bits per heavy atom. The Balaban J connectivity index is 2.27. The van der Waals surface area contributed by atoms with Crippen molar-refractivity contribution >= 4 is 12.0 Å². The van der Waals surface area contributed by atoms with Crippen molar-refractivity contribution < 1.29 is 14.3 Å². The van der Waals surface area contributed by atoms with E-state index in [4.69, 9.17) is 4.74 Å². The zero-order chi connectivity index (χ0) is 17.4. The lowest BCUT2D eigenvalue weighted by atomic mass is 9.80. The zero-order valence-electron chi connectivity index (χ0n) is 15.3. The molecule has 2 saturated heterocycles. The van der Waals surface area contributed by atoms with Crippen LogP contribution in [0.4, 0.5) is 4.79 Å². The van der Waals surface area contributed by atoms with Gasteiger partial charge < -0.3 is 19.9 Å². The lowest BCUT2D eigenvalue weighted by molar-refractivity contribution is -0.154. The van der Waals surface area contributed by atoms with Gasteiger partial charge in [0.15, 0.2) is 0 Å². The van der Waals surface area contributed by atoms with Gasteiger partial charge in [-0.05, 0) is 26.2 Å². The minimum absolute atomic E-state index is 0.0498. The average Bonchev–Trinajstić information content (AvgIpc) is 2.72. The molecular formula is C17H31N3O3. The molecule has 2 atom stereocenters. The van der Waals surface area contributed by atoms with Crippen LogP contribution in [0.1, 0.15) is 41.5 Å². The van der Waals surface area contributed by atoms with E-state index in [1.807, 2.05) is 23.6 Å². The second kappa shape index (κ2) is 6.30. The molecule has 0 saturated carbocycles. The van der Waals surface area contributed by atoms with Gasteiger partial charge in [-0.15, -0.1) is 0 Å². The van der Waals surface area contributed by atoms with Gasteiger partial charge in [0.05, 0.1) is 24.1 Å². The third kappa shape index (κ3) is 3.47. The third-order valence-corrected chi connectivity index (χ3v) is 4.76. The topological polar surface area (TPSA) is 61.9 Å². The Labute approximate surface area is 139 Å². The number of ether oxygens (including phenoxy) is 1. The smallest absolute Gasteiger partial charge is 0.320 e. The monoisotopic (exact) mass is 325 g/mol. The molecule has 132 valence electrons. The molecule has 1 unspecified atom stereocenters. The molecule has 2 rings (SSSR count). The van der Waals surface area contributed by atoms with Crippen LogP contribution in [0.25, 0.3) is 0 Å². The van der Waals surface area contributed by atoms with Crippen LogP contribution in [0.5, 0.6) is 0 Å². The molecule has 0 radical (unpaired) electrons. The molecule has 2 fully saturated rings. The van der Waals surface area contributed by atoms with Crippen LogP contribution in [-0.2, 0) is 9.53 Å². The molecule has 6 nitrogen and oxygen atoms in total. The minimum atomic E-state index is -0.711. The largest absolute Gasteiger partial charge is 0.466 e. The Bertz CT molecular complexity index is 470. The van der Waals surface area contributed by atoms with E-state index in [0.29, 0.717) is 13.2 Å². The number of urea groups is 1. The highest BCUT2D eigenvalue weighted by Crippen LogP contribution is 2.38. The van der Waals surface area contributed by atoms with Gasteiger partial charge in [0.1, 0.15) is 0 Å². The molecule has 23 heavy (non-hydrogen) atoms. The number of carbonyl (C=O) groups is 2. The fourth-order valence-electron chi connectivity index (χ4n) is 3.76. The van der Waals surface area contributed by atoms with E-state index in [1.165, 1.54) is 0 Å². The van der Waals surface area contributed by atoms with Crippen LogP contribution in [-0.4, -0.2) is 66.7 Å². The molecule has 0 aliphatic carbocycles. The van der Waals surface area contributed by atoms with Crippen LogP contribution in [0.15, 0.2) is 0 Å². The number of esters is 1. The molecule has 0 bridgehead atoms. The van der Waals surface area contributed by atoms with Crippen LogP contribution in [0.3, 0.4) is 0 Å². The molecule has 1 N–H and O–H groups in total. The number of amides is 2. The Hall–Kier alpha value is -1.30. The highest BCUT2D eigenvalue weighted by molar-refractivity contribution is 5.81. The first-order valence-electron chi connectivity index (χ1n) is 8.55. The lowest BCUT2D eigenvalue weighted by Crippen LogP contribution is -2.55. The summed E-state index contributed by atoms with van der Waals surface area (Å²) in [7, 11) is 0. The Morgan fingerprint density at radius 2 is 1.96 bits per heavy atom. The van der Waals surface area contributed by atoms with Crippen molar-refractivity contribution in [2.24, 2.45) is 10.8 Å². The van der Waals surface area contributed by atoms with Crippen molar-refractivity contribution in [1.82, 2.24) is 15.1 Å². The molecule has 2 heterocycles. The van der Waals surface area contributed by atoms with Gasteiger partial charge >= 0.3 is 12.0 Å². The second-order valence-electron chi connectivity index (χ2n) is 8.29. The first kappa shape index (κ1) is 18.0. The van der Waals surface area contributed by atoms with Gasteiger partial charge in [-0.2, -0.15) is 0 Å². The first-order chi connectivity index (χ1) is 10.6. The third-order valence-electron chi connectivity index (χ3n) is 4.76. The average molecular weight is 325 g/mol. The molecule has 6 heteroatoms. The van der Waals surface area contributed by atoms with E-state index >= 15 is 0 Å². The van der Waals surface area contributed by atoms with E-state index in [0.717, 1.165) is 19.6 Å². The fourth-order valence-corrected chi connectivity index (χ4v) is 3.76. The van der Waals surface area contributed by atoms with Crippen molar-refractivity contribution in [3.8, 4) is 0 Å². The summed E-state index contributed by atoms with van der Waals surface area (Å²) < 4.78 is 5.19. The fraction of sp³-hybridized carbons (Fsp3) is 0.882. The molecular weight excluding hydrogens is 294 g/mol. The van der Waals surface area contributed by atoms with Gasteiger partial charge in [-0.3, -0.25) is 4.79 Å². The molecule has 0 aromatic heterocycles. The van der Waals surface area contributed by atoms with E-state index in [9.17, 15) is 9.59 Å². The number of rotatable bonds is 4. The van der Waals surface area contributed by atoms with E-state index in [-0.39, 0.29) is 29.5 Å². The summed E-state index contributed by atoms with van der Waals surface area (Å²) in [5.41, 5.74) is -0.768. The van der Waals surface area contributed by atoms with Gasteiger partial charge in [0, 0.05) is 26.2 Å². The number of piperazine rings is 1. The van der Waals surface area contributed by atoms with Gasteiger partial charge in [-0.1, -0.05) is 20.8 Å². The number of nitrogens with one attached hydrogen (secondary N) is 1. The number of hydrogen-bond donors (Lipinski definition) is 1. The SMILES string of the molecule is CCOC(=O)C(C)(C)CN1C(=O)N2CCNC[C@@H]2C1C(C)(C)C. The van der Waals surface area contributed by atoms with Gasteiger partial charge in [0.2, 0.25) is 0 Å². The van der Waals surface area contributed by atoms with Crippen molar-refractivity contribution in [3.05, 3.63) is 0 Å². The molecule has 0 aromatic rings. The van der Waals surface area contributed by atoms with Gasteiger partial charge in [0.25, 0.3) is 0 Å². The summed E-state index contributed by atoms with van der Waals surface area (Å²) in [6, 6.07) is 0.291. The predicted molar refractivity (Wildman–Crippen MR) is 89.1 cm³/mol. The van der Waals surface area contributed by atoms with Crippen LogP contribution < -0.4 is 5.32 Å². The molecule has 2 aliphatic heterocycles. The standard InChI is InChI=1S/C17H31N3O3/c1-7-23-14(21)17(5,6)11-20-13(16(2,3)4)12-10-18-8-9-19(12)15(20)22/h12-13,18H,7-11H2,1-6H3/t12-,13?/m1/s1. The van der Waals surface area contributed by atoms with Gasteiger partial charge in [-0.25, -0.2) is 4.79 Å². The van der Waals surface area contributed by atoms with Crippen molar-refractivity contribution in [2.45, 2.75) is 53.6 Å². The number of nitrogens with zero attached hydrogens (tertiary/aromatic N) is 2. The number of carbonyl (C=O) groups excluding carboxylic acids is 2. The number of fused-ring (bicyclic) bond motifs is 1. The predicted octanol–water partition coefficient (Wildman–Crippen LogP) is 1.70. The quantitative estimate of drug-likeness (QED) is 0.799. The highest BCUT2D eigenvalue weighted by atomic mass is 16.5. The first-order valence-corrected chi connectivity index (χ1v) is 8.55. The van der Waals surface area contributed by atoms with Crippen molar-refractivity contribution in [1.29, 1.82) is 0 Å². The molecule has 0 spiro atoms. The summed E-state index contributed by atoms with van der Waals surface area (Å²) >= 11 is 0. The highest BCUT2D eigenvalue weighted by Gasteiger charge is 2.52. The molecule has 2 amide bonds. The van der Waals surface area contributed by atoms with Crippen LogP contribution >= 0.6 is 0 Å². The second-order valence-corrected chi connectivity index (χ2v) is 8.29. The summed E-state index contributed by atoms with van der Waals surface area (Å²) in [5, 5.41) is 3.39. The van der Waals surface area contributed by atoms with Crippen LogP contribution in [0, 0.1) is 10.8 Å². The summed E-state index contributed by atoms with van der Waals surface area (Å²) in [6.45, 7) is 15.1. The van der Waals surface area contributed by atoms with E-state index in [1.54, 1.807) is 6.92 Å². The Kier molecular flexibility index (Phi) is 4.95. The summed E-state index contributed by atoms with van der Waals surface area (Å²) in [4.78, 5) is 29.0. The normalized spacial score (nSPS) is 25.6. The maximum absolute atomic E-state index is 12.9.